The monoisotopic (exact) mass is 397 g/mol. The zero-order valence-corrected chi connectivity index (χ0v) is 17.5. The van der Waals surface area contributed by atoms with Gasteiger partial charge in [0.15, 0.2) is 17.5 Å². The highest BCUT2D eigenvalue weighted by molar-refractivity contribution is 5.48. The van der Waals surface area contributed by atoms with Gasteiger partial charge in [0.2, 0.25) is 0 Å². The third kappa shape index (κ3) is 3.60. The summed E-state index contributed by atoms with van der Waals surface area (Å²) in [5.41, 5.74) is 1.86. The van der Waals surface area contributed by atoms with Gasteiger partial charge in [0.25, 0.3) is 0 Å². The van der Waals surface area contributed by atoms with Crippen LogP contribution in [-0.2, 0) is 13.1 Å². The first-order valence-electron chi connectivity index (χ1n) is 9.85. The summed E-state index contributed by atoms with van der Waals surface area (Å²) in [5.74, 6) is 4.27. The van der Waals surface area contributed by atoms with E-state index in [2.05, 4.69) is 51.5 Å². The second-order valence-corrected chi connectivity index (χ2v) is 7.58. The highest BCUT2D eigenvalue weighted by Gasteiger charge is 2.30. The number of hydrogen-bond donors (Lipinski definition) is 0. The lowest BCUT2D eigenvalue weighted by atomic mass is 10.1. The Kier molecular flexibility index (Phi) is 5.27. The van der Waals surface area contributed by atoms with Crippen LogP contribution in [0.15, 0.2) is 28.9 Å². The zero-order chi connectivity index (χ0) is 20.5. The van der Waals surface area contributed by atoms with Crippen LogP contribution in [0.4, 0.5) is 0 Å². The average Bonchev–Trinajstić information content (AvgIpc) is 3.37. The number of benzene rings is 1. The van der Waals surface area contributed by atoms with Gasteiger partial charge in [-0.1, -0.05) is 19.9 Å². The van der Waals surface area contributed by atoms with E-state index in [1.54, 1.807) is 20.5 Å². The Morgan fingerprint density at radius 2 is 2.00 bits per heavy atom. The molecule has 8 heteroatoms. The molecule has 8 nitrogen and oxygen atoms in total. The van der Waals surface area contributed by atoms with Gasteiger partial charge in [-0.05, 0) is 13.0 Å². The largest absolute Gasteiger partial charge is 0.497 e. The lowest BCUT2D eigenvalue weighted by molar-refractivity contribution is 0.155. The molecule has 0 aliphatic carbocycles. The molecule has 1 aliphatic rings. The van der Waals surface area contributed by atoms with Crippen LogP contribution in [0, 0.1) is 0 Å². The molecule has 1 aliphatic heterocycles. The van der Waals surface area contributed by atoms with Gasteiger partial charge in [-0.3, -0.25) is 4.90 Å². The van der Waals surface area contributed by atoms with Crippen LogP contribution in [0.5, 0.6) is 11.5 Å². The minimum Gasteiger partial charge on any atom is -0.497 e. The number of hydrogen-bond acceptors (Lipinski definition) is 7. The first-order chi connectivity index (χ1) is 14.0. The van der Waals surface area contributed by atoms with Crippen LogP contribution in [-0.4, -0.2) is 45.4 Å². The van der Waals surface area contributed by atoms with Crippen molar-refractivity contribution in [1.82, 2.24) is 24.6 Å². The van der Waals surface area contributed by atoms with Crippen LogP contribution in [0.25, 0.3) is 11.5 Å². The van der Waals surface area contributed by atoms with Gasteiger partial charge >= 0.3 is 0 Å². The van der Waals surface area contributed by atoms with E-state index < -0.39 is 0 Å². The highest BCUT2D eigenvalue weighted by Crippen LogP contribution is 2.32. The van der Waals surface area contributed by atoms with Gasteiger partial charge in [-0.15, -0.1) is 10.2 Å². The molecule has 0 spiro atoms. The van der Waals surface area contributed by atoms with Crippen molar-refractivity contribution in [2.45, 2.75) is 45.8 Å². The smallest absolute Gasteiger partial charge is 0.197 e. The van der Waals surface area contributed by atoms with E-state index in [0.29, 0.717) is 0 Å². The third-order valence-corrected chi connectivity index (χ3v) is 5.42. The maximum atomic E-state index is 5.59. The van der Waals surface area contributed by atoms with E-state index >= 15 is 0 Å². The minimum atomic E-state index is 0.119. The van der Waals surface area contributed by atoms with E-state index in [4.69, 9.17) is 13.9 Å². The topological polar surface area (TPSA) is 78.4 Å². The van der Waals surface area contributed by atoms with Crippen molar-refractivity contribution in [1.29, 1.82) is 0 Å². The fourth-order valence-corrected chi connectivity index (χ4v) is 3.69. The van der Waals surface area contributed by atoms with Gasteiger partial charge < -0.3 is 18.5 Å². The Morgan fingerprint density at radius 1 is 1.17 bits per heavy atom. The molecule has 0 amide bonds. The average molecular weight is 397 g/mol. The summed E-state index contributed by atoms with van der Waals surface area (Å²) in [6.45, 7) is 8.71. The van der Waals surface area contributed by atoms with Crippen molar-refractivity contribution >= 4 is 0 Å². The lowest BCUT2D eigenvalue weighted by Gasteiger charge is -2.33. The van der Waals surface area contributed by atoms with E-state index in [0.717, 1.165) is 59.9 Å². The van der Waals surface area contributed by atoms with Gasteiger partial charge in [0.1, 0.15) is 23.5 Å². The number of methoxy groups -OCH3 is 2. The standard InChI is InChI=1S/C21H27N5O3/c1-13(2)21-22-17(12-29-21)20-24-23-19-14(3)25(8-9-26(19)20)11-15-6-7-16(27-4)10-18(15)28-5/h6-7,10,12-14H,8-9,11H2,1-5H3/t14-/m1/s1. The Labute approximate surface area is 170 Å². The Morgan fingerprint density at radius 3 is 2.69 bits per heavy atom. The predicted molar refractivity (Wildman–Crippen MR) is 108 cm³/mol. The number of fused-ring (bicyclic) bond motifs is 1. The Hall–Kier alpha value is -2.87. The fourth-order valence-electron chi connectivity index (χ4n) is 3.69. The van der Waals surface area contributed by atoms with Gasteiger partial charge in [0.05, 0.1) is 20.3 Å². The summed E-state index contributed by atoms with van der Waals surface area (Å²) in [7, 11) is 3.34. The summed E-state index contributed by atoms with van der Waals surface area (Å²) >= 11 is 0. The molecule has 4 rings (SSSR count). The van der Waals surface area contributed by atoms with Crippen molar-refractivity contribution in [2.75, 3.05) is 20.8 Å². The van der Waals surface area contributed by atoms with E-state index in [9.17, 15) is 0 Å². The molecule has 2 aromatic heterocycles. The van der Waals surface area contributed by atoms with Crippen molar-refractivity contribution in [2.24, 2.45) is 0 Å². The molecule has 0 fully saturated rings. The van der Waals surface area contributed by atoms with Gasteiger partial charge in [-0.25, -0.2) is 4.98 Å². The molecule has 3 heterocycles. The molecule has 0 unspecified atom stereocenters. The maximum Gasteiger partial charge on any atom is 0.197 e. The molecule has 0 saturated carbocycles. The summed E-state index contributed by atoms with van der Waals surface area (Å²) in [6.07, 6.45) is 1.67. The molecule has 0 bridgehead atoms. The third-order valence-electron chi connectivity index (χ3n) is 5.42. The highest BCUT2D eigenvalue weighted by atomic mass is 16.5. The SMILES string of the molecule is COc1ccc(CN2CCn3c(-c4coc(C(C)C)n4)nnc3[C@H]2C)c(OC)c1. The first kappa shape index (κ1) is 19.4. The zero-order valence-electron chi connectivity index (χ0n) is 17.5. The van der Waals surface area contributed by atoms with E-state index in [1.807, 2.05) is 12.1 Å². The molecular weight excluding hydrogens is 370 g/mol. The second kappa shape index (κ2) is 7.87. The van der Waals surface area contributed by atoms with Crippen molar-refractivity contribution in [3.63, 3.8) is 0 Å². The van der Waals surface area contributed by atoms with Crippen molar-refractivity contribution < 1.29 is 13.9 Å². The van der Waals surface area contributed by atoms with Gasteiger partial charge in [0, 0.05) is 37.2 Å². The number of aromatic nitrogens is 4. The molecule has 0 saturated heterocycles. The maximum absolute atomic E-state index is 5.59. The molecule has 1 atom stereocenters. The van der Waals surface area contributed by atoms with Crippen molar-refractivity contribution in [3.05, 3.63) is 41.7 Å². The van der Waals surface area contributed by atoms with Crippen LogP contribution in [0.1, 0.15) is 50.0 Å². The molecule has 29 heavy (non-hydrogen) atoms. The minimum absolute atomic E-state index is 0.119. The second-order valence-electron chi connectivity index (χ2n) is 7.58. The Bertz CT molecular complexity index is 994. The van der Waals surface area contributed by atoms with Crippen LogP contribution in [0.2, 0.25) is 0 Å². The number of nitrogens with zero attached hydrogens (tertiary/aromatic N) is 5. The summed E-state index contributed by atoms with van der Waals surface area (Å²) in [6, 6.07) is 6.05. The van der Waals surface area contributed by atoms with Gasteiger partial charge in [-0.2, -0.15) is 0 Å². The normalized spacial score (nSPS) is 16.8. The first-order valence-corrected chi connectivity index (χ1v) is 9.85. The molecule has 1 aromatic carbocycles. The summed E-state index contributed by atoms with van der Waals surface area (Å²) in [5, 5.41) is 8.88. The molecular formula is C21H27N5O3. The fraction of sp³-hybridized carbons (Fsp3) is 0.476. The van der Waals surface area contributed by atoms with Crippen LogP contribution >= 0.6 is 0 Å². The summed E-state index contributed by atoms with van der Waals surface area (Å²) < 4.78 is 18.6. The molecule has 0 N–H and O–H groups in total. The van der Waals surface area contributed by atoms with Crippen molar-refractivity contribution in [3.8, 4) is 23.0 Å². The van der Waals surface area contributed by atoms with Crippen LogP contribution in [0.3, 0.4) is 0 Å². The quantitative estimate of drug-likeness (QED) is 0.628. The number of oxazole rings is 1. The molecule has 154 valence electrons. The number of ether oxygens (including phenoxy) is 2. The van der Waals surface area contributed by atoms with E-state index in [-0.39, 0.29) is 12.0 Å². The molecule has 3 aromatic rings. The number of rotatable bonds is 6. The van der Waals surface area contributed by atoms with E-state index in [1.165, 1.54) is 0 Å². The lowest BCUT2D eigenvalue weighted by Crippen LogP contribution is -2.36. The Balaban J connectivity index is 1.57. The predicted octanol–water partition coefficient (Wildman–Crippen LogP) is 3.65. The summed E-state index contributed by atoms with van der Waals surface area (Å²) in [4.78, 5) is 6.95. The van der Waals surface area contributed by atoms with Crippen LogP contribution < -0.4 is 9.47 Å². The molecule has 0 radical (unpaired) electrons.